The van der Waals surface area contributed by atoms with E-state index in [2.05, 4.69) is 17.2 Å². The van der Waals surface area contributed by atoms with Crippen molar-refractivity contribution in [2.24, 2.45) is 28.5 Å². The van der Waals surface area contributed by atoms with Crippen molar-refractivity contribution in [1.29, 1.82) is 0 Å². The van der Waals surface area contributed by atoms with E-state index >= 15 is 0 Å². The zero-order valence-corrected chi connectivity index (χ0v) is 28.9. The number of aliphatic hydroxyl groups excluding tert-OH is 1. The summed E-state index contributed by atoms with van der Waals surface area (Å²) in [6.07, 6.45) is 18.1. The average molecular weight is 646 g/mol. The summed E-state index contributed by atoms with van der Waals surface area (Å²) in [5.74, 6) is 1.42. The maximum Gasteiger partial charge on any atom is 0.302 e. The zero-order valence-electron chi connectivity index (χ0n) is 28.9. The zero-order chi connectivity index (χ0) is 32.9. The molecule has 2 aliphatic carbocycles. The molecule has 0 amide bonds. The van der Waals surface area contributed by atoms with E-state index in [-0.39, 0.29) is 54.9 Å². The van der Waals surface area contributed by atoms with Gasteiger partial charge in [0, 0.05) is 46.1 Å². The topological polar surface area (TPSA) is 137 Å². The molecule has 0 aromatic heterocycles. The number of ether oxygens (including phenoxy) is 3. The Hall–Kier alpha value is -1.78. The number of carbonyl (C=O) groups excluding carboxylic acids is 2. The van der Waals surface area contributed by atoms with E-state index in [0.29, 0.717) is 37.0 Å². The molecule has 2 aliphatic heterocycles. The molecule has 9 heteroatoms. The van der Waals surface area contributed by atoms with Crippen LogP contribution < -0.4 is 11.1 Å². The molecule has 2 heterocycles. The van der Waals surface area contributed by atoms with E-state index in [9.17, 15) is 14.7 Å². The number of quaternary nitrogens is 1. The molecule has 9 unspecified atom stereocenters. The molecule has 0 aromatic carbocycles. The van der Waals surface area contributed by atoms with Crippen LogP contribution in [-0.2, 0) is 23.8 Å². The molecule has 5 N–H and O–H groups in total. The third-order valence-electron chi connectivity index (χ3n) is 11.1. The molecule has 9 atom stereocenters. The van der Waals surface area contributed by atoms with Crippen LogP contribution >= 0.6 is 0 Å². The molecule has 3 fully saturated rings. The predicted octanol–water partition coefficient (Wildman–Crippen LogP) is 4.94. The van der Waals surface area contributed by atoms with Crippen LogP contribution in [0.25, 0.3) is 0 Å². The minimum Gasteiger partial charge on any atom is -0.462 e. The third-order valence-corrected chi connectivity index (χ3v) is 11.1. The van der Waals surface area contributed by atoms with Crippen molar-refractivity contribution >= 4 is 18.0 Å². The molecular formula is C37H63N3O6+2. The maximum absolute atomic E-state index is 13.1. The van der Waals surface area contributed by atoms with Crippen LogP contribution in [0.2, 0.25) is 0 Å². The minimum absolute atomic E-state index is 0.0232. The molecule has 0 aromatic rings. The predicted molar refractivity (Wildman–Crippen MR) is 180 cm³/mol. The van der Waals surface area contributed by atoms with Crippen LogP contribution in [0.15, 0.2) is 16.1 Å². The van der Waals surface area contributed by atoms with Crippen molar-refractivity contribution in [3.63, 3.8) is 0 Å². The van der Waals surface area contributed by atoms with Gasteiger partial charge in [0.25, 0.3) is 0 Å². The lowest BCUT2D eigenvalue weighted by Gasteiger charge is -2.38. The van der Waals surface area contributed by atoms with Gasteiger partial charge in [0.05, 0.1) is 36.5 Å². The summed E-state index contributed by atoms with van der Waals surface area (Å²) in [6, 6.07) is 0. The maximum atomic E-state index is 13.1. The quantitative estimate of drug-likeness (QED) is 0.142. The van der Waals surface area contributed by atoms with E-state index in [1.54, 1.807) is 7.11 Å². The number of nitrogens with zero attached hydrogens (tertiary/aromatic N) is 1. The fourth-order valence-electron chi connectivity index (χ4n) is 8.24. The monoisotopic (exact) mass is 645 g/mol. The van der Waals surface area contributed by atoms with Crippen molar-refractivity contribution in [3.05, 3.63) is 17.7 Å². The summed E-state index contributed by atoms with van der Waals surface area (Å²) in [5, 5.41) is 12.3. The number of ketones is 1. The molecule has 0 bridgehead atoms. The molecule has 0 radical (unpaired) electrons. The molecule has 4 rings (SSSR count). The second-order valence-corrected chi connectivity index (χ2v) is 14.7. The fraction of sp³-hybridized carbons (Fsp3) is 0.838. The van der Waals surface area contributed by atoms with Crippen LogP contribution in [0, 0.1) is 24.3 Å². The van der Waals surface area contributed by atoms with Crippen molar-refractivity contribution < 1.29 is 34.2 Å². The molecule has 1 saturated heterocycles. The number of hydrogen-bond acceptors (Lipinski definition) is 8. The minimum atomic E-state index is -0.370. The van der Waals surface area contributed by atoms with E-state index in [4.69, 9.17) is 19.9 Å². The highest BCUT2D eigenvalue weighted by molar-refractivity contribution is 5.84. The van der Waals surface area contributed by atoms with E-state index in [1.807, 2.05) is 12.8 Å². The second kappa shape index (κ2) is 19.3. The van der Waals surface area contributed by atoms with Gasteiger partial charge < -0.3 is 24.6 Å². The smallest absolute Gasteiger partial charge is 0.302 e. The summed E-state index contributed by atoms with van der Waals surface area (Å²) >= 11 is 0. The summed E-state index contributed by atoms with van der Waals surface area (Å²) in [6.45, 7) is 6.82. The van der Waals surface area contributed by atoms with Crippen molar-refractivity contribution in [3.8, 4) is 0 Å². The first kappa shape index (κ1) is 37.0. The van der Waals surface area contributed by atoms with Gasteiger partial charge in [0.2, 0.25) is 0 Å². The molecular weight excluding hydrogens is 582 g/mol. The number of nitrogens with two attached hydrogens (primary N) is 2. The van der Waals surface area contributed by atoms with Gasteiger partial charge in [-0.25, -0.2) is 0 Å². The third kappa shape index (κ3) is 12.3. The van der Waals surface area contributed by atoms with Crippen molar-refractivity contribution in [2.45, 2.75) is 166 Å². The second-order valence-electron chi connectivity index (χ2n) is 14.7. The first-order valence-corrected chi connectivity index (χ1v) is 18.4. The van der Waals surface area contributed by atoms with Gasteiger partial charge in [0.1, 0.15) is 30.2 Å². The number of carbonyl (C=O) groups is 2. The van der Waals surface area contributed by atoms with Crippen LogP contribution in [0.1, 0.15) is 129 Å². The number of hydrogen-bond donors (Lipinski definition) is 3. The Kier molecular flexibility index (Phi) is 15.5. The van der Waals surface area contributed by atoms with Gasteiger partial charge in [0.15, 0.2) is 6.21 Å². The number of aliphatic imine (C=N–C) groups is 1. The molecule has 4 aliphatic rings. The summed E-state index contributed by atoms with van der Waals surface area (Å²) < 4.78 is 17.9. The molecule has 46 heavy (non-hydrogen) atoms. The Balaban J connectivity index is 1.20. The lowest BCUT2D eigenvalue weighted by atomic mass is 9.81. The van der Waals surface area contributed by atoms with Gasteiger partial charge in [-0.1, -0.05) is 13.3 Å². The summed E-state index contributed by atoms with van der Waals surface area (Å²) in [7, 11) is 1.75. The highest BCUT2D eigenvalue weighted by Gasteiger charge is 2.35. The highest BCUT2D eigenvalue weighted by Crippen LogP contribution is 2.35. The summed E-state index contributed by atoms with van der Waals surface area (Å²) in [4.78, 5) is 29.6. The standard InChI is InChI=1S/C37H62N3O6/c1-4-26(18-30-24-39-23-29(30)12-8-28-16-17-40-37(38)20-28)10-14-34(45-25(2)41)22-32(43)13-9-27-11-15-35(36(19-27)44-3)46-33-7-5-6-31(42)21-33/h23-24,26-28,31,33-37,40,42H,4-22,38H2,1-3H3/q+1/p+1. The Bertz CT molecular complexity index is 1020. The Morgan fingerprint density at radius 1 is 1.09 bits per heavy atom. The number of piperidine rings is 1. The van der Waals surface area contributed by atoms with Gasteiger partial charge in [-0.05, 0) is 94.8 Å². The lowest BCUT2D eigenvalue weighted by molar-refractivity contribution is -0.699. The van der Waals surface area contributed by atoms with E-state index in [0.717, 1.165) is 83.6 Å². The molecule has 0 spiro atoms. The van der Waals surface area contributed by atoms with Crippen LogP contribution in [0.4, 0.5) is 0 Å². The van der Waals surface area contributed by atoms with Gasteiger partial charge in [-0.3, -0.25) is 15.3 Å². The first-order chi connectivity index (χ1) is 22.2. The van der Waals surface area contributed by atoms with Crippen LogP contribution in [0.3, 0.4) is 0 Å². The number of rotatable bonds is 18. The summed E-state index contributed by atoms with van der Waals surface area (Å²) in [5.41, 5.74) is 8.86. The Morgan fingerprint density at radius 3 is 2.65 bits per heavy atom. The first-order valence-electron chi connectivity index (χ1n) is 18.4. The Labute approximate surface area is 277 Å². The number of aliphatic hydroxyl groups is 1. The van der Waals surface area contributed by atoms with Crippen LogP contribution in [0.5, 0.6) is 0 Å². The van der Waals surface area contributed by atoms with Crippen molar-refractivity contribution in [2.75, 3.05) is 13.7 Å². The van der Waals surface area contributed by atoms with Gasteiger partial charge >= 0.3 is 5.97 Å². The van der Waals surface area contributed by atoms with Crippen LogP contribution in [-0.4, -0.2) is 73.4 Å². The van der Waals surface area contributed by atoms with E-state index < -0.39 is 0 Å². The van der Waals surface area contributed by atoms with Gasteiger partial charge in [-0.15, -0.1) is 4.99 Å². The molecule has 9 nitrogen and oxygen atoms in total. The average Bonchev–Trinajstić information content (AvgIpc) is 3.48. The highest BCUT2D eigenvalue weighted by atomic mass is 16.5. The lowest BCUT2D eigenvalue weighted by Crippen LogP contribution is -2.94. The number of allylic oxidation sites excluding steroid dienone is 1. The van der Waals surface area contributed by atoms with E-state index in [1.165, 1.54) is 30.9 Å². The van der Waals surface area contributed by atoms with Gasteiger partial charge in [-0.2, -0.15) is 0 Å². The Morgan fingerprint density at radius 2 is 1.91 bits per heavy atom. The molecule has 260 valence electrons. The largest absolute Gasteiger partial charge is 0.462 e. The normalized spacial score (nSPS) is 31.4. The number of esters is 1. The van der Waals surface area contributed by atoms with Crippen molar-refractivity contribution in [1.82, 2.24) is 0 Å². The number of Topliss-reactive ketones (excluding diaryl/α,β-unsaturated/α-hetero) is 1. The SMILES string of the molecule is CCC(CCC(CC(=O)CCC1CCC(OC2CCCC(O)C2)C(OC)C1)OC(C)=O)CC1=C(CCC2CC[NH2+]C(N)C2)[CH+]N=C1. The fourth-order valence-corrected chi connectivity index (χ4v) is 8.24. The molecule has 2 saturated carbocycles. The number of methoxy groups -OCH3 is 1.